The molecule has 2 N–H and O–H groups in total. The van der Waals surface area contributed by atoms with Crippen molar-refractivity contribution in [2.75, 3.05) is 6.54 Å². The third-order valence-corrected chi connectivity index (χ3v) is 2.75. The molecule has 5 nitrogen and oxygen atoms in total. The van der Waals surface area contributed by atoms with Gasteiger partial charge in [-0.2, -0.15) is 0 Å². The number of carbonyl (C=O) groups is 1. The Morgan fingerprint density at radius 1 is 1.50 bits per heavy atom. The van der Waals surface area contributed by atoms with Crippen molar-refractivity contribution in [1.29, 1.82) is 0 Å². The minimum absolute atomic E-state index is 0.162. The van der Waals surface area contributed by atoms with Gasteiger partial charge >= 0.3 is 0 Å². The van der Waals surface area contributed by atoms with Crippen LogP contribution in [-0.4, -0.2) is 33.6 Å². The predicted octanol–water partition coefficient (Wildman–Crippen LogP) is 1.73. The van der Waals surface area contributed by atoms with Crippen molar-refractivity contribution in [3.8, 4) is 0 Å². The Hall–Kier alpha value is -2.01. The Morgan fingerprint density at radius 3 is 2.75 bits per heavy atom. The zero-order valence-corrected chi connectivity index (χ0v) is 11.9. The highest BCUT2D eigenvalue weighted by Crippen LogP contribution is 2.10. The van der Waals surface area contributed by atoms with Gasteiger partial charge in [0.15, 0.2) is 0 Å². The molecule has 0 bridgehead atoms. The fourth-order valence-electron chi connectivity index (χ4n) is 1.80. The molecule has 0 spiro atoms. The highest BCUT2D eigenvalue weighted by molar-refractivity contribution is 5.90. The predicted molar refractivity (Wildman–Crippen MR) is 78.1 cm³/mol. The van der Waals surface area contributed by atoms with Crippen LogP contribution >= 0.6 is 0 Å². The summed E-state index contributed by atoms with van der Waals surface area (Å²) >= 11 is 0. The fraction of sp³-hybridized carbons (Fsp3) is 0.400. The van der Waals surface area contributed by atoms with Crippen molar-refractivity contribution < 1.29 is 9.90 Å². The van der Waals surface area contributed by atoms with Crippen molar-refractivity contribution >= 4 is 5.91 Å². The molecule has 1 unspecified atom stereocenters. The van der Waals surface area contributed by atoms with Gasteiger partial charge in [-0.15, -0.1) is 6.58 Å². The van der Waals surface area contributed by atoms with Crippen molar-refractivity contribution in [3.05, 3.63) is 48.6 Å². The molecule has 0 radical (unpaired) electrons. The number of aromatic nitrogens is 2. The first kappa shape index (κ1) is 16.0. The first-order chi connectivity index (χ1) is 9.52. The van der Waals surface area contributed by atoms with E-state index in [2.05, 4.69) is 21.9 Å². The van der Waals surface area contributed by atoms with E-state index in [0.29, 0.717) is 13.0 Å². The van der Waals surface area contributed by atoms with Crippen LogP contribution in [0.3, 0.4) is 0 Å². The lowest BCUT2D eigenvalue weighted by Gasteiger charge is -2.11. The van der Waals surface area contributed by atoms with E-state index in [9.17, 15) is 9.90 Å². The summed E-state index contributed by atoms with van der Waals surface area (Å²) in [4.78, 5) is 19.5. The van der Waals surface area contributed by atoms with Gasteiger partial charge in [0.1, 0.15) is 0 Å². The lowest BCUT2D eigenvalue weighted by atomic mass is 10.0. The standard InChI is InChI=1S/C15H21N3O2/c1-4-13(19)9-11(2)8-12(3)10-18-15(20)14-16-6-5-7-17-14/h4-8,11,13,19H,1,9-10H2,2-3H3,(H,18,20)/b12-8-/t11-,13?/m1/s1. The Kier molecular flexibility index (Phi) is 6.59. The first-order valence-corrected chi connectivity index (χ1v) is 6.56. The smallest absolute Gasteiger partial charge is 0.289 e. The molecule has 0 aliphatic rings. The van der Waals surface area contributed by atoms with Crippen molar-refractivity contribution in [1.82, 2.24) is 15.3 Å². The first-order valence-electron chi connectivity index (χ1n) is 6.56. The van der Waals surface area contributed by atoms with Crippen molar-refractivity contribution in [3.63, 3.8) is 0 Å². The molecule has 0 aliphatic carbocycles. The molecular formula is C15H21N3O2. The van der Waals surface area contributed by atoms with Crippen LogP contribution in [0.2, 0.25) is 0 Å². The summed E-state index contributed by atoms with van der Waals surface area (Å²) in [5, 5.41) is 12.2. The molecule has 1 amide bonds. The number of rotatable bonds is 7. The molecule has 5 heteroatoms. The molecule has 0 aliphatic heterocycles. The van der Waals surface area contributed by atoms with Crippen LogP contribution in [0.5, 0.6) is 0 Å². The molecule has 108 valence electrons. The number of nitrogens with one attached hydrogen (secondary N) is 1. The SMILES string of the molecule is C=CC(O)C[C@H](C)/C=C(/C)CNC(=O)c1ncccn1. The summed E-state index contributed by atoms with van der Waals surface area (Å²) < 4.78 is 0. The molecular weight excluding hydrogens is 254 g/mol. The van der Waals surface area contributed by atoms with Crippen LogP contribution < -0.4 is 5.32 Å². The van der Waals surface area contributed by atoms with Gasteiger partial charge in [-0.3, -0.25) is 4.79 Å². The van der Waals surface area contributed by atoms with E-state index in [-0.39, 0.29) is 17.6 Å². The number of aliphatic hydroxyl groups excluding tert-OH is 1. The summed E-state index contributed by atoms with van der Waals surface area (Å²) in [6.45, 7) is 7.93. The van der Waals surface area contributed by atoms with E-state index in [1.165, 1.54) is 18.5 Å². The molecule has 0 saturated carbocycles. The van der Waals surface area contributed by atoms with Crippen molar-refractivity contribution in [2.24, 2.45) is 5.92 Å². The second-order valence-corrected chi connectivity index (χ2v) is 4.78. The lowest BCUT2D eigenvalue weighted by Crippen LogP contribution is -2.27. The largest absolute Gasteiger partial charge is 0.389 e. The van der Waals surface area contributed by atoms with Gasteiger partial charge in [0.25, 0.3) is 5.91 Å². The van der Waals surface area contributed by atoms with E-state index in [4.69, 9.17) is 0 Å². The van der Waals surface area contributed by atoms with E-state index >= 15 is 0 Å². The number of aliphatic hydroxyl groups is 1. The summed E-state index contributed by atoms with van der Waals surface area (Å²) in [5.74, 6) is 0.0837. The zero-order chi connectivity index (χ0) is 15.0. The van der Waals surface area contributed by atoms with E-state index in [1.54, 1.807) is 6.07 Å². The average Bonchev–Trinajstić information content (AvgIpc) is 2.45. The van der Waals surface area contributed by atoms with Gasteiger partial charge in [0.05, 0.1) is 6.10 Å². The number of carbonyl (C=O) groups excluding carboxylic acids is 1. The molecule has 1 heterocycles. The van der Waals surface area contributed by atoms with Crippen LogP contribution in [0.4, 0.5) is 0 Å². The maximum atomic E-state index is 11.7. The Balaban J connectivity index is 2.44. The van der Waals surface area contributed by atoms with Gasteiger partial charge in [0, 0.05) is 18.9 Å². The van der Waals surface area contributed by atoms with Crippen LogP contribution in [0.15, 0.2) is 42.8 Å². The molecule has 1 rings (SSSR count). The second kappa shape index (κ2) is 8.22. The third-order valence-electron chi connectivity index (χ3n) is 2.75. The monoisotopic (exact) mass is 275 g/mol. The van der Waals surface area contributed by atoms with Crippen LogP contribution in [0.25, 0.3) is 0 Å². The third kappa shape index (κ3) is 5.75. The molecule has 1 aromatic heterocycles. The molecule has 20 heavy (non-hydrogen) atoms. The quantitative estimate of drug-likeness (QED) is 0.743. The summed E-state index contributed by atoms with van der Waals surface area (Å²) in [7, 11) is 0. The van der Waals surface area contributed by atoms with Gasteiger partial charge < -0.3 is 10.4 Å². The highest BCUT2D eigenvalue weighted by atomic mass is 16.3. The lowest BCUT2D eigenvalue weighted by molar-refractivity contribution is 0.0946. The molecule has 2 atom stereocenters. The number of allylic oxidation sites excluding steroid dienone is 1. The normalized spacial score (nSPS) is 14.4. The van der Waals surface area contributed by atoms with E-state index < -0.39 is 6.10 Å². The van der Waals surface area contributed by atoms with Gasteiger partial charge in [-0.25, -0.2) is 9.97 Å². The van der Waals surface area contributed by atoms with E-state index in [0.717, 1.165) is 5.57 Å². The highest BCUT2D eigenvalue weighted by Gasteiger charge is 2.08. The zero-order valence-electron chi connectivity index (χ0n) is 11.9. The summed E-state index contributed by atoms with van der Waals surface area (Å²) in [5.41, 5.74) is 1.03. The Morgan fingerprint density at radius 2 is 2.15 bits per heavy atom. The molecule has 1 aromatic rings. The van der Waals surface area contributed by atoms with Crippen molar-refractivity contribution in [2.45, 2.75) is 26.4 Å². The second-order valence-electron chi connectivity index (χ2n) is 4.78. The van der Waals surface area contributed by atoms with Gasteiger partial charge in [-0.05, 0) is 25.3 Å². The number of nitrogens with zero attached hydrogens (tertiary/aromatic N) is 2. The minimum Gasteiger partial charge on any atom is -0.389 e. The maximum absolute atomic E-state index is 11.7. The van der Waals surface area contributed by atoms with Crippen LogP contribution in [-0.2, 0) is 0 Å². The molecule has 0 fully saturated rings. The summed E-state index contributed by atoms with van der Waals surface area (Å²) in [6.07, 6.45) is 6.73. The number of amides is 1. The van der Waals surface area contributed by atoms with Gasteiger partial charge in [0.2, 0.25) is 5.82 Å². The maximum Gasteiger partial charge on any atom is 0.289 e. The molecule has 0 aromatic carbocycles. The van der Waals surface area contributed by atoms with Gasteiger partial charge in [-0.1, -0.05) is 24.6 Å². The van der Waals surface area contributed by atoms with Crippen LogP contribution in [0, 0.1) is 5.92 Å². The van der Waals surface area contributed by atoms with E-state index in [1.807, 2.05) is 19.9 Å². The minimum atomic E-state index is -0.499. The number of hydrogen-bond donors (Lipinski definition) is 2. The Labute approximate surface area is 119 Å². The molecule has 0 saturated heterocycles. The topological polar surface area (TPSA) is 75.1 Å². The number of hydrogen-bond acceptors (Lipinski definition) is 4. The summed E-state index contributed by atoms with van der Waals surface area (Å²) in [6, 6.07) is 1.66. The van der Waals surface area contributed by atoms with Crippen LogP contribution in [0.1, 0.15) is 30.9 Å². The Bertz CT molecular complexity index is 471. The average molecular weight is 275 g/mol. The fourth-order valence-corrected chi connectivity index (χ4v) is 1.80.